The SMILES string of the molecule is O=C(O[C@@H]1[C@@H](O)[C@H](O)O[C@@H]2COC(=O)c3cc(O)c(O)c(O)c3-c3c(cc(O)c(O)c3O)C(=O)O[C@@H]12)c1cc(O)c(O)c(O)c1. The van der Waals surface area contributed by atoms with Gasteiger partial charge in [-0.15, -0.1) is 0 Å². The van der Waals surface area contributed by atoms with Gasteiger partial charge >= 0.3 is 17.9 Å². The smallest absolute Gasteiger partial charge is 0.339 e. The zero-order valence-corrected chi connectivity index (χ0v) is 22.2. The highest BCUT2D eigenvalue weighted by Gasteiger charge is 2.51. The summed E-state index contributed by atoms with van der Waals surface area (Å²) in [5.41, 5.74) is -4.10. The second kappa shape index (κ2) is 11.0. The van der Waals surface area contributed by atoms with Crippen LogP contribution in [-0.4, -0.2) is 111 Å². The molecule has 3 aromatic carbocycles. The van der Waals surface area contributed by atoms with E-state index in [4.69, 9.17) is 18.9 Å². The second-order valence-electron chi connectivity index (χ2n) is 9.79. The number of hydrogen-bond donors (Lipinski definition) is 11. The van der Waals surface area contributed by atoms with E-state index in [9.17, 15) is 70.6 Å². The molecule has 11 N–H and O–H groups in total. The highest BCUT2D eigenvalue weighted by molar-refractivity contribution is 6.08. The number of benzene rings is 3. The zero-order valence-electron chi connectivity index (χ0n) is 22.2. The molecule has 2 heterocycles. The van der Waals surface area contributed by atoms with E-state index in [0.717, 1.165) is 0 Å². The van der Waals surface area contributed by atoms with Gasteiger partial charge in [0.1, 0.15) is 18.8 Å². The molecule has 1 saturated heterocycles. The van der Waals surface area contributed by atoms with Crippen LogP contribution in [0.15, 0.2) is 24.3 Å². The minimum atomic E-state index is -2.18. The number of aliphatic hydroxyl groups is 2. The van der Waals surface area contributed by atoms with Crippen molar-refractivity contribution in [3.05, 3.63) is 41.0 Å². The molecular weight excluding hydrogens is 612 g/mol. The van der Waals surface area contributed by atoms with Crippen LogP contribution in [0, 0.1) is 0 Å². The number of carbonyl (C=O) groups is 3. The maximum absolute atomic E-state index is 13.6. The molecule has 18 nitrogen and oxygen atoms in total. The lowest BCUT2D eigenvalue weighted by Gasteiger charge is -2.41. The van der Waals surface area contributed by atoms with E-state index >= 15 is 0 Å². The summed E-state index contributed by atoms with van der Waals surface area (Å²) in [6.45, 7) is -0.948. The Balaban J connectivity index is 1.66. The van der Waals surface area contributed by atoms with Crippen molar-refractivity contribution in [1.29, 1.82) is 0 Å². The lowest BCUT2D eigenvalue weighted by molar-refractivity contribution is -0.285. The van der Waals surface area contributed by atoms with Gasteiger partial charge in [0.2, 0.25) is 11.5 Å². The molecule has 0 bridgehead atoms. The Morgan fingerprint density at radius 1 is 0.689 bits per heavy atom. The summed E-state index contributed by atoms with van der Waals surface area (Å²) in [5.74, 6) is -14.5. The average molecular weight is 634 g/mol. The molecule has 45 heavy (non-hydrogen) atoms. The van der Waals surface area contributed by atoms with Crippen LogP contribution in [0.1, 0.15) is 31.1 Å². The van der Waals surface area contributed by atoms with E-state index in [-0.39, 0.29) is 0 Å². The number of phenols is 9. The third-order valence-corrected chi connectivity index (χ3v) is 7.00. The molecule has 0 aliphatic carbocycles. The molecule has 5 rings (SSSR count). The number of cyclic esters (lactones) is 1. The molecule has 1 fully saturated rings. The van der Waals surface area contributed by atoms with Crippen molar-refractivity contribution in [2.75, 3.05) is 6.61 Å². The van der Waals surface area contributed by atoms with Gasteiger partial charge in [0.15, 0.2) is 58.7 Å². The Bertz CT molecular complexity index is 1730. The molecule has 0 unspecified atom stereocenters. The minimum absolute atomic E-state index is 0.524. The third kappa shape index (κ3) is 5.07. The first-order chi connectivity index (χ1) is 21.1. The quantitative estimate of drug-likeness (QED) is 0.0979. The number of phenolic OH excluding ortho intramolecular Hbond substituents is 9. The highest BCUT2D eigenvalue weighted by atomic mass is 16.7. The summed E-state index contributed by atoms with van der Waals surface area (Å²) in [5, 5.41) is 112. The van der Waals surface area contributed by atoms with Crippen molar-refractivity contribution >= 4 is 17.9 Å². The van der Waals surface area contributed by atoms with Crippen molar-refractivity contribution in [3.63, 3.8) is 0 Å². The number of esters is 3. The fourth-order valence-corrected chi connectivity index (χ4v) is 4.77. The number of ether oxygens (including phenoxy) is 4. The number of aliphatic hydroxyl groups excluding tert-OH is 2. The van der Waals surface area contributed by atoms with E-state index in [1.807, 2.05) is 0 Å². The number of fused-ring (bicyclic) bond motifs is 4. The van der Waals surface area contributed by atoms with Crippen molar-refractivity contribution in [1.82, 2.24) is 0 Å². The van der Waals surface area contributed by atoms with E-state index in [0.29, 0.717) is 24.3 Å². The first-order valence-electron chi connectivity index (χ1n) is 12.5. The van der Waals surface area contributed by atoms with Crippen molar-refractivity contribution in [2.45, 2.75) is 30.7 Å². The molecule has 0 radical (unpaired) electrons. The van der Waals surface area contributed by atoms with E-state index in [2.05, 4.69) is 0 Å². The number of carbonyl (C=O) groups excluding carboxylic acids is 3. The van der Waals surface area contributed by atoms with Gasteiger partial charge in [-0.25, -0.2) is 14.4 Å². The van der Waals surface area contributed by atoms with Crippen LogP contribution < -0.4 is 0 Å². The van der Waals surface area contributed by atoms with E-state index in [1.165, 1.54) is 0 Å². The molecule has 0 saturated carbocycles. The molecule has 0 aromatic heterocycles. The summed E-state index contributed by atoms with van der Waals surface area (Å²) in [4.78, 5) is 39.7. The lowest BCUT2D eigenvalue weighted by atomic mass is 9.92. The number of hydrogen-bond acceptors (Lipinski definition) is 18. The monoisotopic (exact) mass is 634 g/mol. The molecule has 2 aliphatic rings. The number of rotatable bonds is 2. The molecular formula is C27H22O18. The molecule has 0 amide bonds. The van der Waals surface area contributed by atoms with Gasteiger partial charge in [0.25, 0.3) is 0 Å². The molecule has 238 valence electrons. The summed E-state index contributed by atoms with van der Waals surface area (Å²) in [6.07, 6.45) is -10.2. The van der Waals surface area contributed by atoms with Gasteiger partial charge in [0, 0.05) is 11.1 Å². The Hall–Kier alpha value is -5.85. The summed E-state index contributed by atoms with van der Waals surface area (Å²) in [6, 6.07) is 2.44. The first-order valence-corrected chi connectivity index (χ1v) is 12.5. The second-order valence-corrected chi connectivity index (χ2v) is 9.79. The lowest BCUT2D eigenvalue weighted by Crippen LogP contribution is -2.61. The maximum Gasteiger partial charge on any atom is 0.339 e. The van der Waals surface area contributed by atoms with Crippen LogP contribution in [0.2, 0.25) is 0 Å². The van der Waals surface area contributed by atoms with Gasteiger partial charge in [0.05, 0.1) is 16.7 Å². The number of aromatic hydroxyl groups is 9. The highest BCUT2D eigenvalue weighted by Crippen LogP contribution is 2.53. The molecule has 5 atom stereocenters. The minimum Gasteiger partial charge on any atom is -0.504 e. The van der Waals surface area contributed by atoms with Crippen molar-refractivity contribution in [3.8, 4) is 62.9 Å². The zero-order chi connectivity index (χ0) is 33.1. The maximum atomic E-state index is 13.6. The van der Waals surface area contributed by atoms with E-state index in [1.54, 1.807) is 0 Å². The Kier molecular flexibility index (Phi) is 7.49. The standard InChI is InChI=1S/C27H22O18/c28-9-1-6(2-10(29)16(9)32)24(38)45-23-21(37)27(41)43-13-5-42-25(39)7-3-11(30)17(33)19(35)14(7)15-8(26(40)44-22(13)23)4-12(31)18(34)20(15)36/h1-4,13,21-23,27-37,41H,5H2/t13-,21-,22-,23-,27-/m1/s1. The predicted molar refractivity (Wildman–Crippen MR) is 139 cm³/mol. The van der Waals surface area contributed by atoms with Gasteiger partial charge in [-0.3, -0.25) is 0 Å². The molecule has 18 heteroatoms. The van der Waals surface area contributed by atoms with Gasteiger partial charge in [-0.05, 0) is 24.3 Å². The van der Waals surface area contributed by atoms with Crippen LogP contribution in [0.3, 0.4) is 0 Å². The summed E-state index contributed by atoms with van der Waals surface area (Å²) < 4.78 is 21.0. The van der Waals surface area contributed by atoms with Gasteiger partial charge in [-0.2, -0.15) is 0 Å². The Labute approximate surface area is 248 Å². The van der Waals surface area contributed by atoms with Crippen molar-refractivity contribution < 1.29 is 89.5 Å². The first kappa shape index (κ1) is 30.6. The Morgan fingerprint density at radius 2 is 1.18 bits per heavy atom. The largest absolute Gasteiger partial charge is 0.504 e. The van der Waals surface area contributed by atoms with Crippen LogP contribution >= 0.6 is 0 Å². The van der Waals surface area contributed by atoms with Gasteiger partial charge < -0.3 is 75.1 Å². The fraction of sp³-hybridized carbons (Fsp3) is 0.222. The molecule has 3 aromatic rings. The predicted octanol–water partition coefficient (Wildman–Crippen LogP) is -0.297. The molecule has 2 aliphatic heterocycles. The molecule has 0 spiro atoms. The third-order valence-electron chi connectivity index (χ3n) is 7.00. The summed E-state index contributed by atoms with van der Waals surface area (Å²) in [7, 11) is 0. The van der Waals surface area contributed by atoms with E-state index < -0.39 is 135 Å². The van der Waals surface area contributed by atoms with Crippen LogP contribution in [0.25, 0.3) is 11.1 Å². The van der Waals surface area contributed by atoms with Gasteiger partial charge in [-0.1, -0.05) is 0 Å². The normalized spacial score (nSPS) is 22.9. The summed E-state index contributed by atoms with van der Waals surface area (Å²) >= 11 is 0. The van der Waals surface area contributed by atoms with Crippen LogP contribution in [0.5, 0.6) is 51.7 Å². The Morgan fingerprint density at radius 3 is 1.71 bits per heavy atom. The van der Waals surface area contributed by atoms with Crippen LogP contribution in [-0.2, 0) is 18.9 Å². The average Bonchev–Trinajstić information content (AvgIpc) is 3.00. The topological polar surface area (TPSA) is 311 Å². The van der Waals surface area contributed by atoms with Crippen molar-refractivity contribution in [2.24, 2.45) is 0 Å². The fourth-order valence-electron chi connectivity index (χ4n) is 4.77. The van der Waals surface area contributed by atoms with Crippen LogP contribution in [0.4, 0.5) is 0 Å².